The number of amides is 2. The molecule has 10 nitrogen and oxygen atoms in total. The third kappa shape index (κ3) is 7.76. The van der Waals surface area contributed by atoms with Crippen molar-refractivity contribution in [3.63, 3.8) is 0 Å². The van der Waals surface area contributed by atoms with Crippen molar-refractivity contribution in [1.82, 2.24) is 15.5 Å². The maximum absolute atomic E-state index is 12.7. The maximum atomic E-state index is 12.7. The minimum Gasteiger partial charge on any atom is -0.464 e. The molecule has 0 spiro atoms. The molecule has 0 bridgehead atoms. The van der Waals surface area contributed by atoms with Crippen LogP contribution in [0.2, 0.25) is 0 Å². The average molecular weight is 507 g/mol. The fourth-order valence-electron chi connectivity index (χ4n) is 3.48. The van der Waals surface area contributed by atoms with E-state index in [1.54, 1.807) is 51.1 Å². The summed E-state index contributed by atoms with van der Waals surface area (Å²) in [7, 11) is 2.53. The summed E-state index contributed by atoms with van der Waals surface area (Å²) < 4.78 is 15.0. The van der Waals surface area contributed by atoms with Gasteiger partial charge in [-0.3, -0.25) is 5.32 Å². The van der Waals surface area contributed by atoms with Crippen LogP contribution in [-0.2, 0) is 20.6 Å². The highest BCUT2D eigenvalue weighted by molar-refractivity contribution is 5.95. The monoisotopic (exact) mass is 506 g/mol. The Balaban J connectivity index is 2.02. The predicted molar refractivity (Wildman–Crippen MR) is 137 cm³/mol. The van der Waals surface area contributed by atoms with Gasteiger partial charge in [0.2, 0.25) is 0 Å². The number of hydrogen-bond acceptors (Lipinski definition) is 8. The highest BCUT2D eigenvalue weighted by Gasteiger charge is 2.25. The minimum atomic E-state index is -0.688. The number of esters is 1. The second kappa shape index (κ2) is 12.0. The molecular formula is C27H30N4O6. The highest BCUT2D eigenvalue weighted by atomic mass is 16.6. The van der Waals surface area contributed by atoms with Gasteiger partial charge in [-0.15, -0.1) is 5.10 Å². The Kier molecular flexibility index (Phi) is 8.78. The van der Waals surface area contributed by atoms with E-state index in [-0.39, 0.29) is 5.69 Å². The second-order valence-electron chi connectivity index (χ2n) is 9.11. The molecule has 0 fully saturated rings. The zero-order valence-corrected chi connectivity index (χ0v) is 21.4. The van der Waals surface area contributed by atoms with Crippen LogP contribution in [0.5, 0.6) is 0 Å². The number of carbonyl (C=O) groups excluding carboxylic acids is 3. The van der Waals surface area contributed by atoms with Crippen molar-refractivity contribution in [2.45, 2.75) is 38.8 Å². The van der Waals surface area contributed by atoms with Gasteiger partial charge in [0.25, 0.3) is 0 Å². The summed E-state index contributed by atoms with van der Waals surface area (Å²) in [5, 5.41) is 13.9. The van der Waals surface area contributed by atoms with E-state index < -0.39 is 29.8 Å². The van der Waals surface area contributed by atoms with Crippen LogP contribution in [-0.4, -0.2) is 48.2 Å². The van der Waals surface area contributed by atoms with E-state index >= 15 is 0 Å². The van der Waals surface area contributed by atoms with Gasteiger partial charge in [-0.1, -0.05) is 42.5 Å². The summed E-state index contributed by atoms with van der Waals surface area (Å²) in [4.78, 5) is 36.6. The Labute approximate surface area is 215 Å². The highest BCUT2D eigenvalue weighted by Crippen LogP contribution is 2.28. The number of methoxy groups -OCH3 is 2. The van der Waals surface area contributed by atoms with Crippen LogP contribution in [0.1, 0.15) is 48.6 Å². The third-order valence-electron chi connectivity index (χ3n) is 5.15. The Morgan fingerprint density at radius 2 is 1.57 bits per heavy atom. The molecule has 3 rings (SSSR count). The van der Waals surface area contributed by atoms with Gasteiger partial charge in [0.05, 0.1) is 26.0 Å². The topological polar surface area (TPSA) is 129 Å². The molecule has 0 aliphatic rings. The first-order chi connectivity index (χ1) is 17.6. The van der Waals surface area contributed by atoms with Gasteiger partial charge in [-0.05, 0) is 56.5 Å². The first kappa shape index (κ1) is 27.1. The zero-order valence-electron chi connectivity index (χ0n) is 21.4. The lowest BCUT2D eigenvalue weighted by Gasteiger charge is -2.24. The van der Waals surface area contributed by atoms with E-state index in [2.05, 4.69) is 25.6 Å². The average Bonchev–Trinajstić information content (AvgIpc) is 2.87. The largest absolute Gasteiger partial charge is 0.464 e. The molecule has 0 aliphatic carbocycles. The van der Waals surface area contributed by atoms with Gasteiger partial charge in [-0.25, -0.2) is 14.4 Å². The van der Waals surface area contributed by atoms with Crippen LogP contribution >= 0.6 is 0 Å². The van der Waals surface area contributed by atoms with Gasteiger partial charge in [0.1, 0.15) is 5.60 Å². The minimum absolute atomic E-state index is 0.00987. The van der Waals surface area contributed by atoms with Crippen LogP contribution in [0.25, 0.3) is 11.1 Å². The fourth-order valence-corrected chi connectivity index (χ4v) is 3.48. The quantitative estimate of drug-likeness (QED) is 0.341. The number of anilines is 1. The zero-order chi connectivity index (χ0) is 27.0. The van der Waals surface area contributed by atoms with E-state index in [4.69, 9.17) is 9.47 Å². The van der Waals surface area contributed by atoms with Crippen LogP contribution in [0.3, 0.4) is 0 Å². The summed E-state index contributed by atoms with van der Waals surface area (Å²) >= 11 is 0. The van der Waals surface area contributed by atoms with Gasteiger partial charge < -0.3 is 19.5 Å². The van der Waals surface area contributed by atoms with E-state index in [9.17, 15) is 14.4 Å². The lowest BCUT2D eigenvalue weighted by Crippen LogP contribution is -2.36. The molecule has 194 valence electrons. The standard InChI is InChI=1S/C27H30N4O6/c1-27(2,3)37-26(34)29-21(15-17-9-7-6-8-10-17)22-16-20(23(31-30-22)24(32)35-4)18-11-13-19(14-12-18)28-25(33)36-5/h6-14,16,21H,15H2,1-5H3,(H,28,33)(H,29,34)/t21-/m0/s1. The summed E-state index contributed by atoms with van der Waals surface area (Å²) in [5.74, 6) is -0.662. The van der Waals surface area contributed by atoms with Crippen LogP contribution in [0.4, 0.5) is 15.3 Å². The van der Waals surface area contributed by atoms with Crippen molar-refractivity contribution < 1.29 is 28.6 Å². The lowest BCUT2D eigenvalue weighted by molar-refractivity contribution is 0.0500. The van der Waals surface area contributed by atoms with E-state index in [0.29, 0.717) is 28.9 Å². The number of nitrogens with zero attached hydrogens (tertiary/aromatic N) is 2. The second-order valence-corrected chi connectivity index (χ2v) is 9.11. The van der Waals surface area contributed by atoms with E-state index in [0.717, 1.165) is 5.56 Å². The molecule has 0 saturated carbocycles. The van der Waals surface area contributed by atoms with Crippen molar-refractivity contribution in [2.24, 2.45) is 0 Å². The molecule has 1 heterocycles. The first-order valence-corrected chi connectivity index (χ1v) is 11.5. The van der Waals surface area contributed by atoms with Gasteiger partial charge >= 0.3 is 18.2 Å². The van der Waals surface area contributed by atoms with Crippen molar-refractivity contribution in [2.75, 3.05) is 19.5 Å². The predicted octanol–water partition coefficient (Wildman–Crippen LogP) is 4.92. The van der Waals surface area contributed by atoms with Crippen molar-refractivity contribution >= 4 is 23.8 Å². The molecule has 0 unspecified atom stereocenters. The molecule has 0 radical (unpaired) electrons. The number of ether oxygens (including phenoxy) is 3. The van der Waals surface area contributed by atoms with E-state index in [1.807, 2.05) is 30.3 Å². The Bertz CT molecular complexity index is 1240. The SMILES string of the molecule is COC(=O)Nc1ccc(-c2cc([C@H](Cc3ccccc3)NC(=O)OC(C)(C)C)nnc2C(=O)OC)cc1. The summed E-state index contributed by atoms with van der Waals surface area (Å²) in [5.41, 5.74) is 2.29. The number of nitrogens with one attached hydrogen (secondary N) is 2. The van der Waals surface area contributed by atoms with Gasteiger partial charge in [0.15, 0.2) is 5.69 Å². The number of benzene rings is 2. The third-order valence-corrected chi connectivity index (χ3v) is 5.15. The van der Waals surface area contributed by atoms with Gasteiger partial charge in [-0.2, -0.15) is 5.10 Å². The lowest BCUT2D eigenvalue weighted by atomic mass is 9.98. The van der Waals surface area contributed by atoms with E-state index in [1.165, 1.54) is 14.2 Å². The molecule has 10 heteroatoms. The summed E-state index contributed by atoms with van der Waals surface area (Å²) in [6.45, 7) is 5.34. The van der Waals surface area contributed by atoms with Crippen molar-refractivity contribution in [3.05, 3.63) is 77.6 Å². The Morgan fingerprint density at radius 3 is 2.16 bits per heavy atom. The van der Waals surface area contributed by atoms with Crippen molar-refractivity contribution in [1.29, 1.82) is 0 Å². The molecule has 2 N–H and O–H groups in total. The molecular weight excluding hydrogens is 476 g/mol. The molecule has 1 atom stereocenters. The number of hydrogen-bond donors (Lipinski definition) is 2. The summed E-state index contributed by atoms with van der Waals surface area (Å²) in [6.07, 6.45) is -0.798. The van der Waals surface area contributed by atoms with Crippen LogP contribution in [0, 0.1) is 0 Å². The smallest absolute Gasteiger partial charge is 0.411 e. The number of alkyl carbamates (subject to hydrolysis) is 1. The maximum Gasteiger partial charge on any atom is 0.411 e. The van der Waals surface area contributed by atoms with Crippen LogP contribution < -0.4 is 10.6 Å². The molecule has 0 saturated heterocycles. The normalized spacial score (nSPS) is 11.7. The number of carbonyl (C=O) groups is 3. The molecule has 2 amide bonds. The molecule has 37 heavy (non-hydrogen) atoms. The van der Waals surface area contributed by atoms with Crippen molar-refractivity contribution in [3.8, 4) is 11.1 Å². The number of aromatic nitrogens is 2. The molecule has 0 aliphatic heterocycles. The Hall–Kier alpha value is -4.47. The molecule has 1 aromatic heterocycles. The first-order valence-electron chi connectivity index (χ1n) is 11.5. The van der Waals surface area contributed by atoms with Crippen LogP contribution in [0.15, 0.2) is 60.7 Å². The Morgan fingerprint density at radius 1 is 0.892 bits per heavy atom. The number of rotatable bonds is 7. The molecule has 2 aromatic carbocycles. The molecule has 3 aromatic rings. The van der Waals surface area contributed by atoms with Gasteiger partial charge in [0, 0.05) is 11.3 Å². The fraction of sp³-hybridized carbons (Fsp3) is 0.296. The summed E-state index contributed by atoms with van der Waals surface area (Å²) in [6, 6.07) is 17.4.